The normalized spacial score (nSPS) is 29.7. The molecule has 0 N–H and O–H groups in total. The number of alkyl halides is 3. The van der Waals surface area contributed by atoms with Gasteiger partial charge in [-0.25, -0.2) is 0 Å². The van der Waals surface area contributed by atoms with Crippen molar-refractivity contribution in [1.29, 1.82) is 0 Å². The third-order valence-corrected chi connectivity index (χ3v) is 7.43. The van der Waals surface area contributed by atoms with Gasteiger partial charge in [0.05, 0.1) is 38.3 Å². The maximum atomic E-state index is 13.6. The number of hydrogen-bond acceptors (Lipinski definition) is 8. The van der Waals surface area contributed by atoms with Crippen LogP contribution in [0.1, 0.15) is 36.9 Å². The number of benzene rings is 1. The highest BCUT2D eigenvalue weighted by atomic mass is 19.4. The van der Waals surface area contributed by atoms with Crippen LogP contribution >= 0.6 is 0 Å². The maximum absolute atomic E-state index is 13.6. The molecule has 4 rings (SSSR count). The molecule has 2 heterocycles. The van der Waals surface area contributed by atoms with E-state index >= 15 is 0 Å². The Balaban J connectivity index is 1.95. The minimum Gasteiger partial charge on any atom is -0.469 e. The van der Waals surface area contributed by atoms with Crippen molar-refractivity contribution in [3.8, 4) is 0 Å². The highest BCUT2D eigenvalue weighted by molar-refractivity contribution is 5.97. The van der Waals surface area contributed by atoms with E-state index in [1.54, 1.807) is 11.8 Å². The molecular weight excluding hydrogens is 483 g/mol. The van der Waals surface area contributed by atoms with Gasteiger partial charge in [0.2, 0.25) is 0 Å². The average Bonchev–Trinajstić information content (AvgIpc) is 3.35. The van der Waals surface area contributed by atoms with Crippen LogP contribution in [0.3, 0.4) is 0 Å². The van der Waals surface area contributed by atoms with E-state index in [-0.39, 0.29) is 43.3 Å². The van der Waals surface area contributed by atoms with Crippen LogP contribution in [0.25, 0.3) is 0 Å². The number of ketones is 1. The summed E-state index contributed by atoms with van der Waals surface area (Å²) >= 11 is 0. The lowest BCUT2D eigenvalue weighted by Crippen LogP contribution is -2.61. The molecule has 2 fully saturated rings. The number of ether oxygens (including phenoxy) is 3. The Hall–Kier alpha value is -3.21. The first-order valence-electron chi connectivity index (χ1n) is 11.5. The number of nitrogens with zero attached hydrogens (tertiary/aromatic N) is 1. The topological polar surface area (TPSA) is 99.2 Å². The summed E-state index contributed by atoms with van der Waals surface area (Å²) in [6.07, 6.45) is -2.94. The lowest BCUT2D eigenvalue weighted by atomic mass is 9.70. The highest BCUT2D eigenvalue weighted by Crippen LogP contribution is 2.58. The fourth-order valence-electron chi connectivity index (χ4n) is 6.00. The number of rotatable bonds is 5. The number of halogens is 3. The summed E-state index contributed by atoms with van der Waals surface area (Å²) < 4.78 is 55.1. The van der Waals surface area contributed by atoms with Crippen LogP contribution in [-0.2, 0) is 39.6 Å². The van der Waals surface area contributed by atoms with Gasteiger partial charge in [-0.05, 0) is 48.6 Å². The van der Waals surface area contributed by atoms with E-state index in [0.717, 1.165) is 31.9 Å². The number of piperidine rings is 1. The van der Waals surface area contributed by atoms with E-state index in [1.807, 2.05) is 0 Å². The summed E-state index contributed by atoms with van der Waals surface area (Å²) in [7, 11) is 2.25. The molecule has 2 saturated heterocycles. The molecule has 11 heteroatoms. The number of carbonyl (C=O) groups excluding carboxylic acids is 4. The van der Waals surface area contributed by atoms with E-state index in [4.69, 9.17) is 14.2 Å². The van der Waals surface area contributed by atoms with E-state index < -0.39 is 53.1 Å². The summed E-state index contributed by atoms with van der Waals surface area (Å²) in [5.74, 6) is -5.56. The molecule has 8 nitrogen and oxygen atoms in total. The molecule has 0 radical (unpaired) electrons. The first kappa shape index (κ1) is 25.9. The van der Waals surface area contributed by atoms with Gasteiger partial charge in [0.1, 0.15) is 11.5 Å². The first-order valence-corrected chi connectivity index (χ1v) is 11.5. The van der Waals surface area contributed by atoms with Crippen LogP contribution in [0.5, 0.6) is 0 Å². The number of fused-ring (bicyclic) bond motifs is 2. The largest absolute Gasteiger partial charge is 0.469 e. The number of carbonyl (C=O) groups is 4. The van der Waals surface area contributed by atoms with Crippen LogP contribution in [0.2, 0.25) is 0 Å². The summed E-state index contributed by atoms with van der Waals surface area (Å²) in [5.41, 5.74) is -1.57. The molecule has 0 aromatic heterocycles. The van der Waals surface area contributed by atoms with Gasteiger partial charge in [-0.3, -0.25) is 24.1 Å². The SMILES string of the molecule is CCOC(=O)[C@]12C[C@H]3CC(=O)C=C3CN1[C@H](c1ccc(C(F)(F)F)cc1)[C@H](C(=O)OC)[C@@H]2C(=O)OC. The monoisotopic (exact) mass is 509 g/mol. The molecule has 5 atom stereocenters. The Morgan fingerprint density at radius 3 is 2.28 bits per heavy atom. The summed E-state index contributed by atoms with van der Waals surface area (Å²) in [5, 5.41) is 0. The Morgan fingerprint density at radius 2 is 1.72 bits per heavy atom. The van der Waals surface area contributed by atoms with Gasteiger partial charge in [-0.2, -0.15) is 13.2 Å². The van der Waals surface area contributed by atoms with Crippen molar-refractivity contribution in [2.75, 3.05) is 27.4 Å². The number of hydrogen-bond donors (Lipinski definition) is 0. The summed E-state index contributed by atoms with van der Waals surface area (Å²) in [6, 6.07) is 3.18. The van der Waals surface area contributed by atoms with Gasteiger partial charge >= 0.3 is 24.1 Å². The zero-order valence-corrected chi connectivity index (χ0v) is 20.0. The predicted molar refractivity (Wildman–Crippen MR) is 117 cm³/mol. The maximum Gasteiger partial charge on any atom is 0.416 e. The van der Waals surface area contributed by atoms with Crippen molar-refractivity contribution < 1.29 is 46.6 Å². The van der Waals surface area contributed by atoms with Crippen molar-refractivity contribution in [2.24, 2.45) is 17.8 Å². The molecule has 36 heavy (non-hydrogen) atoms. The Morgan fingerprint density at radius 1 is 1.08 bits per heavy atom. The molecule has 0 bridgehead atoms. The smallest absolute Gasteiger partial charge is 0.416 e. The van der Waals surface area contributed by atoms with E-state index in [9.17, 15) is 32.3 Å². The molecule has 194 valence electrons. The molecule has 0 saturated carbocycles. The zero-order valence-electron chi connectivity index (χ0n) is 20.0. The van der Waals surface area contributed by atoms with Gasteiger partial charge in [0, 0.05) is 13.0 Å². The number of methoxy groups -OCH3 is 2. The van der Waals surface area contributed by atoms with Crippen molar-refractivity contribution in [2.45, 2.75) is 37.5 Å². The Labute approximate surface area is 205 Å². The van der Waals surface area contributed by atoms with Gasteiger partial charge in [0.15, 0.2) is 5.78 Å². The summed E-state index contributed by atoms with van der Waals surface area (Å²) in [6.45, 7) is 1.63. The lowest BCUT2D eigenvalue weighted by molar-refractivity contribution is -0.171. The molecule has 3 aliphatic rings. The Bertz CT molecular complexity index is 1110. The fraction of sp³-hybridized carbons (Fsp3) is 0.520. The lowest BCUT2D eigenvalue weighted by Gasteiger charge is -2.46. The second-order valence-electron chi connectivity index (χ2n) is 9.18. The quantitative estimate of drug-likeness (QED) is 0.442. The van der Waals surface area contributed by atoms with E-state index in [1.165, 1.54) is 18.2 Å². The van der Waals surface area contributed by atoms with Crippen molar-refractivity contribution >= 4 is 23.7 Å². The Kier molecular flexibility index (Phi) is 6.72. The second-order valence-corrected chi connectivity index (χ2v) is 9.18. The standard InChI is InChI=1S/C25H26F3NO7/c1-4-36-23(33)24-11-14-9-17(30)10-15(14)12-29(24)20(13-5-7-16(8-6-13)25(26,27)28)18(21(31)34-2)19(24)22(32)35-3/h5-8,10,14,18-20H,4,9,11-12H2,1-3H3/t14-,18-,19-,20-,24-/m1/s1. The van der Waals surface area contributed by atoms with Crippen LogP contribution < -0.4 is 0 Å². The second kappa shape index (κ2) is 9.34. The van der Waals surface area contributed by atoms with Gasteiger partial charge in [-0.1, -0.05) is 12.1 Å². The zero-order chi connectivity index (χ0) is 26.4. The third-order valence-electron chi connectivity index (χ3n) is 7.43. The molecule has 0 unspecified atom stereocenters. The van der Waals surface area contributed by atoms with Crippen LogP contribution in [0.4, 0.5) is 13.2 Å². The van der Waals surface area contributed by atoms with Gasteiger partial charge in [-0.15, -0.1) is 0 Å². The first-order chi connectivity index (χ1) is 17.0. The van der Waals surface area contributed by atoms with Gasteiger partial charge < -0.3 is 14.2 Å². The van der Waals surface area contributed by atoms with Crippen molar-refractivity contribution in [3.05, 3.63) is 47.0 Å². The molecular formula is C25H26F3NO7. The van der Waals surface area contributed by atoms with Crippen LogP contribution in [-0.4, -0.2) is 61.5 Å². The van der Waals surface area contributed by atoms with Gasteiger partial charge in [0.25, 0.3) is 0 Å². The highest BCUT2D eigenvalue weighted by Gasteiger charge is 2.71. The molecule has 2 aliphatic heterocycles. The van der Waals surface area contributed by atoms with E-state index in [0.29, 0.717) is 0 Å². The summed E-state index contributed by atoms with van der Waals surface area (Å²) in [4.78, 5) is 53.9. The average molecular weight is 509 g/mol. The molecule has 1 aliphatic carbocycles. The molecule has 0 amide bonds. The van der Waals surface area contributed by atoms with Crippen LogP contribution in [0, 0.1) is 17.8 Å². The number of esters is 3. The minimum absolute atomic E-state index is 0.00774. The van der Waals surface area contributed by atoms with E-state index in [2.05, 4.69) is 0 Å². The molecule has 1 aromatic rings. The van der Waals surface area contributed by atoms with Crippen molar-refractivity contribution in [3.63, 3.8) is 0 Å². The fourth-order valence-corrected chi connectivity index (χ4v) is 6.00. The molecule has 0 spiro atoms. The van der Waals surface area contributed by atoms with Crippen molar-refractivity contribution in [1.82, 2.24) is 4.90 Å². The third kappa shape index (κ3) is 3.99. The number of allylic oxidation sites excluding steroid dienone is 1. The molecule has 1 aromatic carbocycles. The van der Waals surface area contributed by atoms with Crippen LogP contribution in [0.15, 0.2) is 35.9 Å². The minimum atomic E-state index is -4.58. The predicted octanol–water partition coefficient (Wildman–Crippen LogP) is 2.86.